The summed E-state index contributed by atoms with van der Waals surface area (Å²) in [5, 5.41) is 10.4. The van der Waals surface area contributed by atoms with E-state index in [2.05, 4.69) is 27.0 Å². The fraction of sp³-hybridized carbons (Fsp3) is 0.292. The number of ether oxygens (including phenoxy) is 1. The van der Waals surface area contributed by atoms with Crippen molar-refractivity contribution in [2.45, 2.75) is 46.4 Å². The number of amides is 1. The Morgan fingerprint density at radius 3 is 2.62 bits per heavy atom. The van der Waals surface area contributed by atoms with Crippen molar-refractivity contribution < 1.29 is 9.53 Å². The monoisotopic (exact) mass is 531 g/mol. The molecular weight excluding hydrogens is 510 g/mol. The minimum atomic E-state index is -0.0647. The van der Waals surface area contributed by atoms with Gasteiger partial charge in [-0.15, -0.1) is 0 Å². The summed E-state index contributed by atoms with van der Waals surface area (Å²) in [6.45, 7) is 8.14. The van der Waals surface area contributed by atoms with Gasteiger partial charge in [0.25, 0.3) is 5.91 Å². The average molecular weight is 533 g/mol. The molecule has 0 bridgehead atoms. The van der Waals surface area contributed by atoms with E-state index in [1.165, 1.54) is 11.8 Å². The van der Waals surface area contributed by atoms with E-state index in [9.17, 15) is 10.1 Å². The molecule has 166 valence electrons. The van der Waals surface area contributed by atoms with Crippen LogP contribution in [-0.4, -0.2) is 28.1 Å². The van der Waals surface area contributed by atoms with Gasteiger partial charge in [-0.2, -0.15) is 5.26 Å². The maximum absolute atomic E-state index is 13.0. The van der Waals surface area contributed by atoms with Crippen LogP contribution in [0.2, 0.25) is 5.02 Å². The van der Waals surface area contributed by atoms with Gasteiger partial charge in [-0.3, -0.25) is 14.7 Å². The first-order chi connectivity index (χ1) is 15.2. The van der Waals surface area contributed by atoms with Gasteiger partial charge in [0.15, 0.2) is 10.9 Å². The average Bonchev–Trinajstić information content (AvgIpc) is 3.01. The molecule has 0 aromatic heterocycles. The molecule has 0 aliphatic carbocycles. The summed E-state index contributed by atoms with van der Waals surface area (Å²) in [6, 6.07) is 13.2. The second kappa shape index (κ2) is 10.6. The van der Waals surface area contributed by atoms with E-state index in [1.54, 1.807) is 17.0 Å². The molecule has 0 saturated carbocycles. The van der Waals surface area contributed by atoms with Crippen molar-refractivity contribution in [1.29, 1.82) is 5.26 Å². The first-order valence-electron chi connectivity index (χ1n) is 10.1. The Bertz CT molecular complexity index is 1120. The zero-order valence-electron chi connectivity index (χ0n) is 18.2. The van der Waals surface area contributed by atoms with Crippen molar-refractivity contribution in [3.63, 3.8) is 0 Å². The van der Waals surface area contributed by atoms with Crippen LogP contribution in [0.4, 0.5) is 0 Å². The number of carbonyl (C=O) groups excluding carboxylic acids is 1. The lowest BCUT2D eigenvalue weighted by atomic mass is 10.1. The third-order valence-electron chi connectivity index (χ3n) is 4.55. The molecule has 0 spiro atoms. The van der Waals surface area contributed by atoms with Gasteiger partial charge in [0.1, 0.15) is 6.61 Å². The Hall–Kier alpha value is -2.27. The van der Waals surface area contributed by atoms with Crippen molar-refractivity contribution in [1.82, 2.24) is 4.90 Å². The number of hydrogen-bond donors (Lipinski definition) is 0. The molecule has 0 unspecified atom stereocenters. The number of benzene rings is 2. The summed E-state index contributed by atoms with van der Waals surface area (Å²) in [7, 11) is 0. The third kappa shape index (κ3) is 5.55. The number of carbonyl (C=O) groups is 1. The zero-order valence-corrected chi connectivity index (χ0v) is 21.4. The Kier molecular flexibility index (Phi) is 8.05. The van der Waals surface area contributed by atoms with Gasteiger partial charge in [-0.25, -0.2) is 0 Å². The highest BCUT2D eigenvalue weighted by Crippen LogP contribution is 2.38. The molecule has 1 fully saturated rings. The van der Waals surface area contributed by atoms with E-state index < -0.39 is 0 Å². The van der Waals surface area contributed by atoms with Gasteiger partial charge in [-0.05, 0) is 85.2 Å². The number of amidine groups is 1. The summed E-state index contributed by atoms with van der Waals surface area (Å²) in [5.74, 6) is 0.419. The summed E-state index contributed by atoms with van der Waals surface area (Å²) in [5.41, 5.74) is 2.12. The largest absolute Gasteiger partial charge is 0.486 e. The molecule has 0 radical (unpaired) electrons. The van der Waals surface area contributed by atoms with Crippen LogP contribution in [0, 0.1) is 11.3 Å². The van der Waals surface area contributed by atoms with Crippen molar-refractivity contribution in [2.75, 3.05) is 0 Å². The lowest BCUT2D eigenvalue weighted by molar-refractivity contribution is -0.123. The van der Waals surface area contributed by atoms with Crippen LogP contribution in [0.25, 0.3) is 6.08 Å². The van der Waals surface area contributed by atoms with Gasteiger partial charge >= 0.3 is 0 Å². The summed E-state index contributed by atoms with van der Waals surface area (Å²) < 4.78 is 6.57. The van der Waals surface area contributed by atoms with Crippen molar-refractivity contribution in [3.8, 4) is 11.8 Å². The van der Waals surface area contributed by atoms with Gasteiger partial charge in [0.2, 0.25) is 0 Å². The molecule has 5 nitrogen and oxygen atoms in total. The van der Waals surface area contributed by atoms with Crippen LogP contribution in [0.3, 0.4) is 0 Å². The maximum atomic E-state index is 13.0. The van der Waals surface area contributed by atoms with Gasteiger partial charge in [-0.1, -0.05) is 29.8 Å². The molecule has 2 aromatic carbocycles. The zero-order chi connectivity index (χ0) is 23.4. The fourth-order valence-corrected chi connectivity index (χ4v) is 5.33. The first-order valence-corrected chi connectivity index (χ1v) is 12.1. The summed E-state index contributed by atoms with van der Waals surface area (Å²) in [6.07, 6.45) is 1.82. The third-order valence-corrected chi connectivity index (χ3v) is 6.42. The Labute approximate surface area is 206 Å². The van der Waals surface area contributed by atoms with E-state index in [1.807, 2.05) is 58.0 Å². The number of rotatable bonds is 6. The quantitative estimate of drug-likeness (QED) is 0.391. The molecule has 3 rings (SSSR count). The molecular formula is C24H23BrClN3O2S. The van der Waals surface area contributed by atoms with E-state index in [-0.39, 0.29) is 24.6 Å². The SMILES string of the molecule is CC(C)N=C1S/C(=C/c2cc(Cl)c(OCc3ccccc3C#N)c(Br)c2)C(=O)N1C(C)C. The Morgan fingerprint density at radius 1 is 1.28 bits per heavy atom. The van der Waals surface area contributed by atoms with Crippen LogP contribution >= 0.6 is 39.3 Å². The highest BCUT2D eigenvalue weighted by Gasteiger charge is 2.35. The van der Waals surface area contributed by atoms with E-state index in [4.69, 9.17) is 16.3 Å². The number of hydrogen-bond acceptors (Lipinski definition) is 5. The standard InChI is InChI=1S/C24H23BrClN3O2S/c1-14(2)28-24-29(15(3)4)23(30)21(32-24)11-16-9-19(25)22(20(26)10-16)31-13-18-8-6-5-7-17(18)12-27/h5-11,14-15H,13H2,1-4H3/b21-11+,28-24?. The number of thioether (sulfide) groups is 1. The molecule has 1 aliphatic rings. The summed E-state index contributed by atoms with van der Waals surface area (Å²) in [4.78, 5) is 19.9. The van der Waals surface area contributed by atoms with Crippen LogP contribution in [0.1, 0.15) is 44.4 Å². The molecule has 32 heavy (non-hydrogen) atoms. The second-order valence-corrected chi connectivity index (χ2v) is 10.0. The molecule has 0 N–H and O–H groups in total. The van der Waals surface area contributed by atoms with Crippen LogP contribution < -0.4 is 4.74 Å². The first kappa shape index (κ1) is 24.4. The van der Waals surface area contributed by atoms with Gasteiger partial charge < -0.3 is 4.74 Å². The van der Waals surface area contributed by atoms with E-state index >= 15 is 0 Å². The molecule has 8 heteroatoms. The highest BCUT2D eigenvalue weighted by atomic mass is 79.9. The van der Waals surface area contributed by atoms with Crippen molar-refractivity contribution in [2.24, 2.45) is 4.99 Å². The maximum Gasteiger partial charge on any atom is 0.266 e. The van der Waals surface area contributed by atoms with Gasteiger partial charge in [0, 0.05) is 17.6 Å². The Morgan fingerprint density at radius 2 is 2.00 bits per heavy atom. The van der Waals surface area contributed by atoms with Crippen LogP contribution in [0.15, 0.2) is 50.8 Å². The van der Waals surface area contributed by atoms with Crippen LogP contribution in [-0.2, 0) is 11.4 Å². The Balaban J connectivity index is 1.85. The smallest absolute Gasteiger partial charge is 0.266 e. The molecule has 1 aliphatic heterocycles. The predicted molar refractivity (Wildman–Crippen MR) is 135 cm³/mol. The molecule has 1 heterocycles. The number of nitriles is 1. The number of aliphatic imine (C=N–C) groups is 1. The van der Waals surface area contributed by atoms with Crippen LogP contribution in [0.5, 0.6) is 5.75 Å². The van der Waals surface area contributed by atoms with E-state index in [0.717, 1.165) is 11.1 Å². The topological polar surface area (TPSA) is 65.7 Å². The van der Waals surface area contributed by atoms with Crippen molar-refractivity contribution in [3.05, 3.63) is 67.5 Å². The molecule has 2 aromatic rings. The number of nitrogens with zero attached hydrogens (tertiary/aromatic N) is 3. The minimum Gasteiger partial charge on any atom is -0.486 e. The lowest BCUT2D eigenvalue weighted by Crippen LogP contribution is -2.35. The molecule has 1 amide bonds. The molecule has 1 saturated heterocycles. The lowest BCUT2D eigenvalue weighted by Gasteiger charge is -2.20. The normalized spacial score (nSPS) is 16.5. The highest BCUT2D eigenvalue weighted by molar-refractivity contribution is 9.10. The summed E-state index contributed by atoms with van der Waals surface area (Å²) >= 11 is 11.4. The molecule has 0 atom stereocenters. The minimum absolute atomic E-state index is 0.0146. The van der Waals surface area contributed by atoms with Crippen molar-refractivity contribution >= 4 is 56.4 Å². The fourth-order valence-electron chi connectivity index (χ4n) is 3.11. The van der Waals surface area contributed by atoms with Gasteiger partial charge in [0.05, 0.1) is 26.0 Å². The number of halogens is 2. The predicted octanol–water partition coefficient (Wildman–Crippen LogP) is 6.64. The van der Waals surface area contributed by atoms with E-state index in [0.29, 0.717) is 30.9 Å². The second-order valence-electron chi connectivity index (χ2n) is 7.76.